The molecule has 138 valence electrons. The van der Waals surface area contributed by atoms with Crippen LogP contribution < -0.4 is 0 Å². The number of carbonyl (C=O) groups is 3. The number of likely N-dealkylation sites (N-methyl/N-ethyl adjacent to an activating group) is 2. The average Bonchev–Trinajstić information content (AvgIpc) is 2.54. The minimum absolute atomic E-state index is 0.0993. The van der Waals surface area contributed by atoms with Crippen LogP contribution in [0.25, 0.3) is 0 Å². The fourth-order valence-electron chi connectivity index (χ4n) is 2.40. The van der Waals surface area contributed by atoms with Crippen LogP contribution in [-0.2, 0) is 24.4 Å². The van der Waals surface area contributed by atoms with Crippen LogP contribution in [0, 0.1) is 5.92 Å². The maximum Gasteiger partial charge on any atom is 0.306 e. The minimum Gasteiger partial charge on any atom is -0.481 e. The maximum absolute atomic E-state index is 12.2. The Kier molecular flexibility index (Phi) is 7.15. The number of carboxylic acids is 1. The number of sulfonamides is 1. The van der Waals surface area contributed by atoms with E-state index in [4.69, 9.17) is 5.11 Å². The molecule has 0 aliphatic carbocycles. The molecule has 0 aromatic carbocycles. The molecule has 1 heterocycles. The number of amides is 2. The highest BCUT2D eigenvalue weighted by molar-refractivity contribution is 7.89. The zero-order valence-electron chi connectivity index (χ0n) is 14.3. The first-order chi connectivity index (χ1) is 11.1. The Morgan fingerprint density at radius 3 is 2.12 bits per heavy atom. The number of rotatable bonds is 7. The first-order valence-corrected chi connectivity index (χ1v) is 9.38. The molecule has 9 nitrogen and oxygen atoms in total. The molecule has 0 unspecified atom stereocenters. The molecule has 1 fully saturated rings. The Balaban J connectivity index is 2.49. The summed E-state index contributed by atoms with van der Waals surface area (Å²) in [5.41, 5.74) is 0. The highest BCUT2D eigenvalue weighted by atomic mass is 32.2. The Bertz CT molecular complexity index is 583. The summed E-state index contributed by atoms with van der Waals surface area (Å²) in [6.07, 6.45) is 0.798. The largest absolute Gasteiger partial charge is 0.481 e. The second-order valence-electron chi connectivity index (χ2n) is 5.90. The Morgan fingerprint density at radius 1 is 1.12 bits per heavy atom. The third kappa shape index (κ3) is 5.45. The monoisotopic (exact) mass is 363 g/mol. The zero-order valence-corrected chi connectivity index (χ0v) is 15.1. The summed E-state index contributed by atoms with van der Waals surface area (Å²) in [4.78, 5) is 37.8. The lowest BCUT2D eigenvalue weighted by Crippen LogP contribution is -2.47. The molecule has 0 atom stereocenters. The molecule has 2 amide bonds. The van der Waals surface area contributed by atoms with Crippen molar-refractivity contribution in [1.82, 2.24) is 14.1 Å². The summed E-state index contributed by atoms with van der Waals surface area (Å²) in [5.74, 6) is -2.12. The fraction of sp³-hybridized carbons (Fsp3) is 0.786. The van der Waals surface area contributed by atoms with E-state index in [1.54, 1.807) is 0 Å². The van der Waals surface area contributed by atoms with Crippen molar-refractivity contribution in [3.05, 3.63) is 0 Å². The van der Waals surface area contributed by atoms with E-state index in [1.165, 1.54) is 30.8 Å². The van der Waals surface area contributed by atoms with E-state index >= 15 is 0 Å². The van der Waals surface area contributed by atoms with E-state index in [2.05, 4.69) is 0 Å². The molecular weight excluding hydrogens is 338 g/mol. The highest BCUT2D eigenvalue weighted by Gasteiger charge is 2.28. The van der Waals surface area contributed by atoms with Gasteiger partial charge in [-0.25, -0.2) is 8.42 Å². The number of piperidine rings is 1. The molecule has 10 heteroatoms. The van der Waals surface area contributed by atoms with E-state index in [9.17, 15) is 22.8 Å². The van der Waals surface area contributed by atoms with Gasteiger partial charge < -0.3 is 14.9 Å². The predicted octanol–water partition coefficient (Wildman–Crippen LogP) is -0.950. The number of carbonyl (C=O) groups excluding carboxylic acids is 2. The van der Waals surface area contributed by atoms with Crippen LogP contribution in [0.3, 0.4) is 0 Å². The molecule has 0 radical (unpaired) electrons. The Labute approximate surface area is 142 Å². The van der Waals surface area contributed by atoms with Gasteiger partial charge in [0.15, 0.2) is 0 Å². The van der Waals surface area contributed by atoms with Crippen LogP contribution in [0.5, 0.6) is 0 Å². The number of likely N-dealkylation sites (tertiary alicyclic amines) is 1. The van der Waals surface area contributed by atoms with Gasteiger partial charge in [-0.2, -0.15) is 4.31 Å². The minimum atomic E-state index is -3.46. The number of aliphatic carboxylic acids is 1. The summed E-state index contributed by atoms with van der Waals surface area (Å²) >= 11 is 0. The molecule has 0 bridgehead atoms. The molecule has 1 rings (SSSR count). The van der Waals surface area contributed by atoms with Gasteiger partial charge in [-0.1, -0.05) is 0 Å². The second kappa shape index (κ2) is 8.43. The normalized spacial score (nSPS) is 16.2. The fourth-order valence-corrected chi connectivity index (χ4v) is 3.14. The summed E-state index contributed by atoms with van der Waals surface area (Å²) in [7, 11) is -0.692. The van der Waals surface area contributed by atoms with Crippen molar-refractivity contribution in [3.8, 4) is 0 Å². The number of carboxylic acid groups (broad SMARTS) is 1. The van der Waals surface area contributed by atoms with Crippen LogP contribution in [0.15, 0.2) is 0 Å². The van der Waals surface area contributed by atoms with Crippen LogP contribution in [0.1, 0.15) is 19.8 Å². The van der Waals surface area contributed by atoms with Gasteiger partial charge in [0.2, 0.25) is 21.8 Å². The average molecular weight is 363 g/mol. The van der Waals surface area contributed by atoms with Crippen LogP contribution >= 0.6 is 0 Å². The van der Waals surface area contributed by atoms with Crippen LogP contribution in [-0.4, -0.2) is 91.4 Å². The summed E-state index contributed by atoms with van der Waals surface area (Å²) in [6, 6.07) is 0. The molecule has 1 saturated heterocycles. The van der Waals surface area contributed by atoms with E-state index in [1.807, 2.05) is 0 Å². The summed E-state index contributed by atoms with van der Waals surface area (Å²) in [6.45, 7) is 1.71. The second-order valence-corrected chi connectivity index (χ2v) is 8.26. The van der Waals surface area contributed by atoms with Gasteiger partial charge in [0.25, 0.3) is 0 Å². The number of hydrogen-bond acceptors (Lipinski definition) is 5. The van der Waals surface area contributed by atoms with Crippen molar-refractivity contribution < 1.29 is 27.9 Å². The van der Waals surface area contributed by atoms with Gasteiger partial charge in [-0.05, 0) is 19.8 Å². The molecule has 24 heavy (non-hydrogen) atoms. The van der Waals surface area contributed by atoms with Crippen molar-refractivity contribution in [2.75, 3.05) is 46.0 Å². The third-order valence-electron chi connectivity index (χ3n) is 4.19. The van der Waals surface area contributed by atoms with E-state index < -0.39 is 27.8 Å². The topological polar surface area (TPSA) is 115 Å². The molecule has 1 aliphatic rings. The smallest absolute Gasteiger partial charge is 0.306 e. The molecular formula is C14H25N3O6S. The molecule has 0 aromatic heterocycles. The third-order valence-corrected chi connectivity index (χ3v) is 6.00. The van der Waals surface area contributed by atoms with Crippen molar-refractivity contribution in [1.29, 1.82) is 0 Å². The van der Waals surface area contributed by atoms with Crippen molar-refractivity contribution in [2.24, 2.45) is 5.92 Å². The van der Waals surface area contributed by atoms with Crippen molar-refractivity contribution in [2.45, 2.75) is 19.8 Å². The first-order valence-electron chi connectivity index (χ1n) is 7.77. The standard InChI is InChI=1S/C14H25N3O6S/c1-4-24(22,23)16(3)10-12(18)15(2)9-13(19)17-7-5-11(6-8-17)14(20)21/h11H,4-10H2,1-3H3,(H,20,21). The lowest BCUT2D eigenvalue weighted by Gasteiger charge is -2.31. The Morgan fingerprint density at radius 2 is 1.67 bits per heavy atom. The number of hydrogen-bond donors (Lipinski definition) is 1. The summed E-state index contributed by atoms with van der Waals surface area (Å²) in [5, 5.41) is 8.94. The lowest BCUT2D eigenvalue weighted by atomic mass is 9.97. The van der Waals surface area contributed by atoms with Gasteiger partial charge in [0.05, 0.1) is 24.8 Å². The van der Waals surface area contributed by atoms with Crippen LogP contribution in [0.2, 0.25) is 0 Å². The van der Waals surface area contributed by atoms with E-state index in [0.717, 1.165) is 4.31 Å². The van der Waals surface area contributed by atoms with Crippen LogP contribution in [0.4, 0.5) is 0 Å². The van der Waals surface area contributed by atoms with Crippen molar-refractivity contribution >= 4 is 27.8 Å². The molecule has 0 saturated carbocycles. The predicted molar refractivity (Wildman–Crippen MR) is 86.7 cm³/mol. The quantitative estimate of drug-likeness (QED) is 0.623. The van der Waals surface area contributed by atoms with Crippen molar-refractivity contribution in [3.63, 3.8) is 0 Å². The van der Waals surface area contributed by atoms with Gasteiger partial charge in [-0.3, -0.25) is 14.4 Å². The molecule has 0 spiro atoms. The molecule has 1 N–H and O–H groups in total. The zero-order chi connectivity index (χ0) is 18.5. The van der Waals surface area contributed by atoms with Gasteiger partial charge in [-0.15, -0.1) is 0 Å². The highest BCUT2D eigenvalue weighted by Crippen LogP contribution is 2.17. The van der Waals surface area contributed by atoms with Gasteiger partial charge >= 0.3 is 5.97 Å². The first kappa shape index (κ1) is 20.4. The SMILES string of the molecule is CCS(=O)(=O)N(C)CC(=O)N(C)CC(=O)N1CCC(C(=O)O)CC1. The van der Waals surface area contributed by atoms with Gasteiger partial charge in [0.1, 0.15) is 0 Å². The maximum atomic E-state index is 12.2. The van der Waals surface area contributed by atoms with Gasteiger partial charge in [0, 0.05) is 27.2 Å². The summed E-state index contributed by atoms with van der Waals surface area (Å²) < 4.78 is 24.3. The molecule has 1 aliphatic heterocycles. The molecule has 0 aromatic rings. The number of nitrogens with zero attached hydrogens (tertiary/aromatic N) is 3. The lowest BCUT2D eigenvalue weighted by molar-refractivity contribution is -0.146. The Hall–Kier alpha value is -1.68. The van der Waals surface area contributed by atoms with E-state index in [-0.39, 0.29) is 24.7 Å². The van der Waals surface area contributed by atoms with E-state index in [0.29, 0.717) is 25.9 Å².